The van der Waals surface area contributed by atoms with E-state index in [1.54, 1.807) is 52.0 Å². The van der Waals surface area contributed by atoms with Crippen molar-refractivity contribution in [2.75, 3.05) is 34.3 Å². The van der Waals surface area contributed by atoms with Crippen LogP contribution in [0.1, 0.15) is 133 Å². The summed E-state index contributed by atoms with van der Waals surface area (Å²) < 4.78 is 17.3. The number of ketones is 1. The van der Waals surface area contributed by atoms with Gasteiger partial charge in [0.05, 0.1) is 37.6 Å². The Hall–Kier alpha value is -6.16. The fourth-order valence-electron chi connectivity index (χ4n) is 10.5. The van der Waals surface area contributed by atoms with Gasteiger partial charge >= 0.3 is 11.9 Å². The number of amides is 7. The van der Waals surface area contributed by atoms with E-state index in [9.17, 15) is 48.3 Å². The molecule has 7 amide bonds. The zero-order chi connectivity index (χ0) is 59.3. The van der Waals surface area contributed by atoms with Gasteiger partial charge in [-0.1, -0.05) is 73.9 Å². The minimum Gasteiger partial charge on any atom is -0.497 e. The van der Waals surface area contributed by atoms with Crippen molar-refractivity contribution in [1.82, 2.24) is 35.6 Å². The molecule has 3 fully saturated rings. The number of aliphatic hydroxyl groups is 1. The van der Waals surface area contributed by atoms with Crippen LogP contribution >= 0.6 is 0 Å². The van der Waals surface area contributed by atoms with Crippen LogP contribution in [0.4, 0.5) is 0 Å². The molecular formula is C57H90N8O14. The highest BCUT2D eigenvalue weighted by molar-refractivity contribution is 6.05. The van der Waals surface area contributed by atoms with E-state index >= 15 is 4.79 Å². The van der Waals surface area contributed by atoms with E-state index in [2.05, 4.69) is 16.0 Å². The fraction of sp³-hybridized carbons (Fsp3) is 0.719. The summed E-state index contributed by atoms with van der Waals surface area (Å²) >= 11 is 0. The second kappa shape index (κ2) is 29.3. The third-order valence-corrected chi connectivity index (χ3v) is 15.5. The molecule has 3 aliphatic heterocycles. The monoisotopic (exact) mass is 1110 g/mol. The lowest BCUT2D eigenvalue weighted by Crippen LogP contribution is -2.62. The molecular weight excluding hydrogens is 1020 g/mol. The van der Waals surface area contributed by atoms with Crippen molar-refractivity contribution in [3.05, 3.63) is 29.8 Å². The molecule has 442 valence electrons. The third-order valence-electron chi connectivity index (χ3n) is 15.5. The van der Waals surface area contributed by atoms with Crippen molar-refractivity contribution in [2.24, 2.45) is 35.3 Å². The number of Topliss-reactive ketones (excluding diaryl/α,β-unsaturated/α-hetero) is 1. The Kier molecular flexibility index (Phi) is 24.3. The molecule has 22 nitrogen and oxygen atoms in total. The maximum atomic E-state index is 15.0. The van der Waals surface area contributed by atoms with Gasteiger partial charge in [-0.2, -0.15) is 0 Å². The molecule has 0 aliphatic carbocycles. The van der Waals surface area contributed by atoms with Gasteiger partial charge in [0, 0.05) is 33.6 Å². The van der Waals surface area contributed by atoms with Crippen LogP contribution < -0.4 is 26.4 Å². The lowest BCUT2D eigenvalue weighted by Gasteiger charge is -2.36. The maximum Gasteiger partial charge on any atom is 0.329 e. The van der Waals surface area contributed by atoms with Gasteiger partial charge in [-0.05, 0) is 101 Å². The summed E-state index contributed by atoms with van der Waals surface area (Å²) in [4.78, 5) is 149. The highest BCUT2D eigenvalue weighted by atomic mass is 16.6. The number of fused-ring (bicyclic) bond motifs is 1. The van der Waals surface area contributed by atoms with Gasteiger partial charge in [0.15, 0.2) is 11.9 Å². The van der Waals surface area contributed by atoms with E-state index in [1.807, 2.05) is 27.7 Å². The largest absolute Gasteiger partial charge is 0.497 e. The van der Waals surface area contributed by atoms with Gasteiger partial charge in [-0.25, -0.2) is 4.79 Å². The predicted octanol–water partition coefficient (Wildman–Crippen LogP) is 2.28. The molecule has 0 bridgehead atoms. The zero-order valence-electron chi connectivity index (χ0n) is 48.9. The third kappa shape index (κ3) is 16.9. The Labute approximate surface area is 466 Å². The van der Waals surface area contributed by atoms with Gasteiger partial charge in [0.25, 0.3) is 0 Å². The van der Waals surface area contributed by atoms with Crippen LogP contribution in [0.5, 0.6) is 5.75 Å². The van der Waals surface area contributed by atoms with Crippen LogP contribution in [0.15, 0.2) is 24.3 Å². The number of benzene rings is 1. The molecule has 22 heteroatoms. The summed E-state index contributed by atoms with van der Waals surface area (Å²) in [6.07, 6.45) is -3.41. The number of rotatable bonds is 15. The molecule has 79 heavy (non-hydrogen) atoms. The molecule has 4 rings (SSSR count). The first-order chi connectivity index (χ1) is 37.0. The number of hydrogen-bond acceptors (Lipinski definition) is 15. The molecule has 3 heterocycles. The number of ether oxygens (including phenoxy) is 3. The summed E-state index contributed by atoms with van der Waals surface area (Å²) in [5.41, 5.74) is 6.52. The molecule has 3 saturated heterocycles. The van der Waals surface area contributed by atoms with E-state index in [0.717, 1.165) is 0 Å². The Balaban J connectivity index is 1.89. The van der Waals surface area contributed by atoms with E-state index in [1.165, 1.54) is 61.6 Å². The first-order valence-corrected chi connectivity index (χ1v) is 28.1. The second-order valence-electron chi connectivity index (χ2n) is 23.1. The van der Waals surface area contributed by atoms with Gasteiger partial charge in [0.1, 0.15) is 48.1 Å². The highest BCUT2D eigenvalue weighted by Crippen LogP contribution is 2.27. The lowest BCUT2D eigenvalue weighted by molar-refractivity contribution is -0.163. The van der Waals surface area contributed by atoms with Gasteiger partial charge in [-0.3, -0.25) is 43.2 Å². The number of methoxy groups -OCH3 is 1. The molecule has 13 atom stereocenters. The number of aliphatic hydroxyl groups excluding tert-OH is 1. The number of carbonyl (C=O) groups is 10. The number of nitrogens with two attached hydrogens (primary N) is 1. The Morgan fingerprint density at radius 2 is 1.51 bits per heavy atom. The molecule has 1 aromatic carbocycles. The zero-order valence-corrected chi connectivity index (χ0v) is 48.9. The topological polar surface area (TPSA) is 294 Å². The van der Waals surface area contributed by atoms with Crippen molar-refractivity contribution in [1.29, 1.82) is 0 Å². The number of likely N-dealkylation sites (tertiary alicyclic amines) is 1. The maximum absolute atomic E-state index is 15.0. The average Bonchev–Trinajstić information content (AvgIpc) is 4.13. The first-order valence-electron chi connectivity index (χ1n) is 28.1. The smallest absolute Gasteiger partial charge is 0.329 e. The summed E-state index contributed by atoms with van der Waals surface area (Å²) in [5, 5.41) is 20.1. The van der Waals surface area contributed by atoms with Crippen LogP contribution in [-0.4, -0.2) is 185 Å². The molecule has 0 aromatic heterocycles. The summed E-state index contributed by atoms with van der Waals surface area (Å²) in [7, 11) is 4.33. The first kappa shape index (κ1) is 65.4. The van der Waals surface area contributed by atoms with Crippen molar-refractivity contribution < 1.29 is 67.3 Å². The van der Waals surface area contributed by atoms with Crippen LogP contribution in [0.3, 0.4) is 0 Å². The van der Waals surface area contributed by atoms with Crippen molar-refractivity contribution in [3.8, 4) is 5.75 Å². The fourth-order valence-corrected chi connectivity index (χ4v) is 10.5. The number of nitrogens with one attached hydrogen (secondary N) is 3. The molecule has 0 radical (unpaired) electrons. The van der Waals surface area contributed by atoms with Gasteiger partial charge < -0.3 is 60.6 Å². The highest BCUT2D eigenvalue weighted by Gasteiger charge is 2.46. The number of esters is 2. The van der Waals surface area contributed by atoms with Crippen molar-refractivity contribution in [2.45, 2.75) is 201 Å². The molecule has 0 saturated carbocycles. The minimum atomic E-state index is -1.75. The Bertz CT molecular complexity index is 2330. The number of nitrogens with zero attached hydrogens (tertiary/aromatic N) is 4. The van der Waals surface area contributed by atoms with Crippen LogP contribution in [-0.2, 0) is 63.8 Å². The summed E-state index contributed by atoms with van der Waals surface area (Å²) in [6, 6.07) is -2.88. The molecule has 1 aromatic rings. The summed E-state index contributed by atoms with van der Waals surface area (Å²) in [5.74, 6) is -9.86. The number of hydrogen-bond donors (Lipinski definition) is 5. The number of likely N-dealkylation sites (N-methyl/N-ethyl adjacent to an activating group) is 2. The van der Waals surface area contributed by atoms with Crippen LogP contribution in [0, 0.1) is 29.6 Å². The van der Waals surface area contributed by atoms with Crippen molar-refractivity contribution in [3.63, 3.8) is 0 Å². The minimum absolute atomic E-state index is 0.0967. The summed E-state index contributed by atoms with van der Waals surface area (Å²) in [6.45, 7) is 18.8. The van der Waals surface area contributed by atoms with E-state index < -0.39 is 150 Å². The standard InChI is InChI=1S/C57H90N8O14/c1-15-33(8)46-44(66)29-45(67)79-49(32(6)7)48(68)34(9)50(69)59-39(26-30(2)3)54(73)65-25-17-19-41(65)56(75)63(13)43(28-37-20-22-38(77-14)23-21-37)57(76)78-36(11)47(52(71)60-46)61-51(70)42(27-31(4)5)62(12)55(74)40-18-16-24-64(40)53(72)35(10)58/h20-23,30-36,39-44,46-47,49,66H,15-19,24-29,58H2,1-14H3,(H,59,69)(H,60,71)(H,61,70)/t33-,34-,35-,36+,39-,40-,41-,42+,43-,44-,46+,47-,49-/m0/s1. The molecule has 0 unspecified atom stereocenters. The SMILES string of the molecule is CC[C@H](C)[C@H]1NC(=O)[C@@H](NC(=O)[C@@H](CC(C)C)N(C)C(=O)[C@@H]2CCCN2C(=O)[C@H](C)N)[C@@H](C)OC(=O)[C@H](Cc2ccc(OC)cc2)N(C)C(=O)[C@@H]2CCCN2C(=O)[C@H](CC(C)C)NC(=O)[C@@H](C)C(=O)[C@H](C(C)C)OC(=O)C[C@@H]1O. The van der Waals surface area contributed by atoms with Crippen molar-refractivity contribution >= 4 is 59.1 Å². The average molecular weight is 1110 g/mol. The lowest BCUT2D eigenvalue weighted by atomic mass is 9.91. The second-order valence-corrected chi connectivity index (χ2v) is 23.1. The quantitative estimate of drug-likeness (QED) is 0.124. The molecule has 3 aliphatic rings. The van der Waals surface area contributed by atoms with E-state index in [-0.39, 0.29) is 44.1 Å². The normalized spacial score (nSPS) is 27.7. The van der Waals surface area contributed by atoms with Crippen LogP contribution in [0.25, 0.3) is 0 Å². The predicted molar refractivity (Wildman–Crippen MR) is 292 cm³/mol. The number of cyclic esters (lactones) is 2. The number of carbonyl (C=O) groups excluding carboxylic acids is 10. The van der Waals surface area contributed by atoms with Gasteiger partial charge in [0.2, 0.25) is 41.4 Å². The molecule has 0 spiro atoms. The van der Waals surface area contributed by atoms with E-state index in [0.29, 0.717) is 43.5 Å². The van der Waals surface area contributed by atoms with E-state index in [4.69, 9.17) is 19.9 Å². The van der Waals surface area contributed by atoms with Crippen LogP contribution in [0.2, 0.25) is 0 Å². The molecule has 6 N–H and O–H groups in total. The Morgan fingerprint density at radius 3 is 2.08 bits per heavy atom. The Morgan fingerprint density at radius 1 is 0.873 bits per heavy atom. The van der Waals surface area contributed by atoms with Gasteiger partial charge in [-0.15, -0.1) is 0 Å².